The third-order valence-corrected chi connectivity index (χ3v) is 8.27. The van der Waals surface area contributed by atoms with Crippen LogP contribution < -0.4 is 10.6 Å². The van der Waals surface area contributed by atoms with Crippen molar-refractivity contribution in [2.75, 3.05) is 33.3 Å². The molecule has 3 aliphatic heterocycles. The van der Waals surface area contributed by atoms with Gasteiger partial charge in [0, 0.05) is 25.3 Å². The fraction of sp³-hybridized carbons (Fsp3) is 0.414. The van der Waals surface area contributed by atoms with Gasteiger partial charge in [-0.05, 0) is 71.9 Å². The van der Waals surface area contributed by atoms with Crippen molar-refractivity contribution in [1.29, 1.82) is 0 Å². The highest BCUT2D eigenvalue weighted by molar-refractivity contribution is 6.01. The molecule has 214 valence electrons. The molecule has 4 heterocycles. The van der Waals surface area contributed by atoms with Crippen LogP contribution in [0.25, 0.3) is 11.0 Å². The topological polar surface area (TPSA) is 139 Å². The zero-order chi connectivity index (χ0) is 28.6. The van der Waals surface area contributed by atoms with Crippen LogP contribution in [0.3, 0.4) is 0 Å². The summed E-state index contributed by atoms with van der Waals surface area (Å²) < 4.78 is 16.1. The number of hydrogen-bond acceptors (Lipinski definition) is 9. The number of imide groups is 1. The lowest BCUT2D eigenvalue weighted by Gasteiger charge is -2.39. The number of allylic oxidation sites excluding steroid dienone is 1. The van der Waals surface area contributed by atoms with E-state index in [1.807, 2.05) is 0 Å². The van der Waals surface area contributed by atoms with E-state index in [2.05, 4.69) is 50.1 Å². The first-order chi connectivity index (χ1) is 19.9. The number of fused-ring (bicyclic) bond motifs is 3. The zero-order valence-corrected chi connectivity index (χ0v) is 23.0. The van der Waals surface area contributed by atoms with Crippen molar-refractivity contribution in [3.8, 4) is 0 Å². The molecule has 2 aromatic carbocycles. The number of esters is 1. The first-order valence-corrected chi connectivity index (χ1v) is 13.7. The lowest BCUT2D eigenvalue weighted by molar-refractivity contribution is -0.136. The Morgan fingerprint density at radius 2 is 1.93 bits per heavy atom. The lowest BCUT2D eigenvalue weighted by Crippen LogP contribution is -2.54. The maximum atomic E-state index is 13.4. The highest BCUT2D eigenvalue weighted by Crippen LogP contribution is 2.44. The maximum absolute atomic E-state index is 13.4. The van der Waals surface area contributed by atoms with Crippen LogP contribution in [0.15, 0.2) is 58.4 Å². The number of amides is 4. The Morgan fingerprint density at radius 1 is 1.15 bits per heavy atom. The molecule has 1 saturated heterocycles. The van der Waals surface area contributed by atoms with Crippen LogP contribution in [0.1, 0.15) is 48.9 Å². The van der Waals surface area contributed by atoms with Gasteiger partial charge in [-0.3, -0.25) is 0 Å². The molecule has 1 atom stereocenters. The Labute approximate surface area is 236 Å². The molecule has 4 amide bonds. The summed E-state index contributed by atoms with van der Waals surface area (Å²) in [7, 11) is 1.26. The number of nitrogens with zero attached hydrogens (tertiary/aromatic N) is 4. The molecule has 1 fully saturated rings. The molecule has 6 rings (SSSR count). The third-order valence-electron chi connectivity index (χ3n) is 8.27. The van der Waals surface area contributed by atoms with Crippen molar-refractivity contribution in [1.82, 2.24) is 30.7 Å². The Morgan fingerprint density at radius 3 is 2.73 bits per heavy atom. The number of likely N-dealkylation sites (tertiary alicyclic amines) is 1. The van der Waals surface area contributed by atoms with Crippen molar-refractivity contribution >= 4 is 29.1 Å². The minimum Gasteiger partial charge on any atom is -0.466 e. The van der Waals surface area contributed by atoms with E-state index < -0.39 is 24.1 Å². The van der Waals surface area contributed by atoms with Gasteiger partial charge in [0.15, 0.2) is 0 Å². The minimum atomic E-state index is -1.02. The van der Waals surface area contributed by atoms with Crippen LogP contribution in [0.4, 0.5) is 9.59 Å². The highest BCUT2D eigenvalue weighted by Gasteiger charge is 2.43. The number of aromatic nitrogens is 2. The zero-order valence-electron chi connectivity index (χ0n) is 23.0. The van der Waals surface area contributed by atoms with E-state index in [1.165, 1.54) is 18.2 Å². The van der Waals surface area contributed by atoms with Gasteiger partial charge in [0.25, 0.3) is 0 Å². The fourth-order valence-corrected chi connectivity index (χ4v) is 6.13. The molecule has 1 aromatic heterocycles. The van der Waals surface area contributed by atoms with Gasteiger partial charge in [0.2, 0.25) is 0 Å². The maximum Gasteiger partial charge on any atom is 0.337 e. The quantitative estimate of drug-likeness (QED) is 0.343. The van der Waals surface area contributed by atoms with Gasteiger partial charge in [0.1, 0.15) is 17.1 Å². The number of carbonyl (C=O) groups is 3. The minimum absolute atomic E-state index is 0.149. The molecule has 12 nitrogen and oxygen atoms in total. The Balaban J connectivity index is 1.10. The van der Waals surface area contributed by atoms with Crippen LogP contribution in [-0.2, 0) is 26.5 Å². The van der Waals surface area contributed by atoms with Crippen LogP contribution >= 0.6 is 0 Å². The highest BCUT2D eigenvalue weighted by atomic mass is 16.6. The molecule has 3 aromatic rings. The van der Waals surface area contributed by atoms with Crippen molar-refractivity contribution in [2.24, 2.45) is 0 Å². The summed E-state index contributed by atoms with van der Waals surface area (Å²) in [5, 5.41) is 13.1. The fourth-order valence-electron chi connectivity index (χ4n) is 6.13. The molecule has 0 bridgehead atoms. The van der Waals surface area contributed by atoms with Crippen molar-refractivity contribution in [3.05, 3.63) is 70.4 Å². The average Bonchev–Trinajstić information content (AvgIpc) is 3.60. The van der Waals surface area contributed by atoms with Gasteiger partial charge in [-0.2, -0.15) is 0 Å². The van der Waals surface area contributed by atoms with Gasteiger partial charge < -0.3 is 25.0 Å². The van der Waals surface area contributed by atoms with E-state index in [4.69, 9.17) is 14.1 Å². The summed E-state index contributed by atoms with van der Waals surface area (Å²) >= 11 is 0. The second-order valence-corrected chi connectivity index (χ2v) is 10.6. The molecule has 0 radical (unpaired) electrons. The van der Waals surface area contributed by atoms with Gasteiger partial charge >= 0.3 is 18.0 Å². The molecule has 2 N–H and O–H groups in total. The van der Waals surface area contributed by atoms with Gasteiger partial charge in [-0.15, -0.1) is 0 Å². The summed E-state index contributed by atoms with van der Waals surface area (Å²) in [6, 6.07) is 11.2. The van der Waals surface area contributed by atoms with Gasteiger partial charge in [0.05, 0.1) is 24.9 Å². The SMILES string of the molecule is COC(=O)C1=C(C)NC(=O)N(C(=O)NCCCN2CCC3(CC2)OCc2ccccc23)C1c1ccc2nonc2c1. The number of hydrogen-bond donors (Lipinski definition) is 2. The van der Waals surface area contributed by atoms with Crippen molar-refractivity contribution in [3.63, 3.8) is 0 Å². The number of urea groups is 2. The molecule has 41 heavy (non-hydrogen) atoms. The van der Waals surface area contributed by atoms with Crippen LogP contribution in [0, 0.1) is 0 Å². The first kappa shape index (κ1) is 26.9. The summed E-state index contributed by atoms with van der Waals surface area (Å²) in [6.07, 6.45) is 2.56. The lowest BCUT2D eigenvalue weighted by atomic mass is 9.84. The number of methoxy groups -OCH3 is 1. The molecular weight excluding hydrogens is 528 g/mol. The molecule has 0 saturated carbocycles. The van der Waals surface area contributed by atoms with E-state index in [0.717, 1.165) is 37.4 Å². The largest absolute Gasteiger partial charge is 0.466 e. The van der Waals surface area contributed by atoms with Crippen LogP contribution in [0.5, 0.6) is 0 Å². The summed E-state index contributed by atoms with van der Waals surface area (Å²) in [5.41, 5.74) is 4.31. The molecular formula is C29H32N6O6. The predicted molar refractivity (Wildman–Crippen MR) is 146 cm³/mol. The second-order valence-electron chi connectivity index (χ2n) is 10.6. The van der Waals surface area contributed by atoms with E-state index in [1.54, 1.807) is 25.1 Å². The molecule has 3 aliphatic rings. The molecule has 1 spiro atoms. The molecule has 12 heteroatoms. The first-order valence-electron chi connectivity index (χ1n) is 13.7. The Kier molecular flexibility index (Phi) is 7.18. The number of rotatable bonds is 6. The Bertz CT molecular complexity index is 1520. The van der Waals surface area contributed by atoms with E-state index >= 15 is 0 Å². The number of benzene rings is 2. The number of nitrogens with one attached hydrogen (secondary N) is 2. The standard InChI is InChI=1S/C29H32N6O6/c1-18-24(26(36)39-2)25(19-8-9-22-23(16-19)33-41-32-22)35(28(38)31-18)27(37)30-12-5-13-34-14-10-29(11-15-34)21-7-4-3-6-20(21)17-40-29/h3-4,6-9,16,25H,5,10-15,17H2,1-2H3,(H,30,37)(H,31,38). The van der Waals surface area contributed by atoms with E-state index in [-0.39, 0.29) is 11.2 Å². The number of carbonyl (C=O) groups excluding carboxylic acids is 3. The molecule has 1 unspecified atom stereocenters. The Hall–Kier alpha value is -4.29. The number of piperidine rings is 1. The van der Waals surface area contributed by atoms with Crippen molar-refractivity contribution in [2.45, 2.75) is 44.4 Å². The summed E-state index contributed by atoms with van der Waals surface area (Å²) in [5.74, 6) is -0.652. The third kappa shape index (κ3) is 4.93. The van der Waals surface area contributed by atoms with E-state index in [9.17, 15) is 14.4 Å². The second kappa shape index (κ2) is 10.9. The molecule has 0 aliphatic carbocycles. The smallest absolute Gasteiger partial charge is 0.337 e. The van der Waals surface area contributed by atoms with Gasteiger partial charge in [-0.25, -0.2) is 23.9 Å². The van der Waals surface area contributed by atoms with E-state index in [0.29, 0.717) is 41.9 Å². The monoisotopic (exact) mass is 560 g/mol. The summed E-state index contributed by atoms with van der Waals surface area (Å²) in [6.45, 7) is 5.24. The number of ether oxygens (including phenoxy) is 2. The van der Waals surface area contributed by atoms with Gasteiger partial charge in [-0.1, -0.05) is 30.3 Å². The van der Waals surface area contributed by atoms with Crippen LogP contribution in [0.2, 0.25) is 0 Å². The van der Waals surface area contributed by atoms with Crippen LogP contribution in [-0.4, -0.2) is 71.4 Å². The summed E-state index contributed by atoms with van der Waals surface area (Å²) in [4.78, 5) is 42.7. The average molecular weight is 561 g/mol. The predicted octanol–water partition coefficient (Wildman–Crippen LogP) is 3.36. The van der Waals surface area contributed by atoms with Crippen molar-refractivity contribution < 1.29 is 28.5 Å². The normalized spacial score (nSPS) is 20.3.